The summed E-state index contributed by atoms with van der Waals surface area (Å²) in [5.74, 6) is -0.293. The van der Waals surface area contributed by atoms with Crippen LogP contribution in [0.1, 0.15) is 0 Å². The summed E-state index contributed by atoms with van der Waals surface area (Å²) in [4.78, 5) is 4.39. The number of nitrogens with two attached hydrogens (primary N) is 1. The van der Waals surface area contributed by atoms with Crippen molar-refractivity contribution in [2.24, 2.45) is 0 Å². The molecule has 2 nitrogen and oxygen atoms in total. The van der Waals surface area contributed by atoms with Gasteiger partial charge in [0.1, 0.15) is 10.8 Å². The van der Waals surface area contributed by atoms with Crippen LogP contribution < -0.4 is 5.73 Å². The second kappa shape index (κ2) is 4.23. The molecule has 2 N–H and O–H groups in total. The van der Waals surface area contributed by atoms with E-state index in [1.807, 2.05) is 12.1 Å². The predicted octanol–water partition coefficient (Wildman–Crippen LogP) is 4.34. The first kappa shape index (κ1) is 11.4. The first-order chi connectivity index (χ1) is 8.65. The molecule has 2 aromatic carbocycles. The van der Waals surface area contributed by atoms with Gasteiger partial charge in [0.25, 0.3) is 0 Å². The van der Waals surface area contributed by atoms with Crippen molar-refractivity contribution in [3.05, 3.63) is 47.2 Å². The van der Waals surface area contributed by atoms with E-state index in [2.05, 4.69) is 4.98 Å². The molecule has 1 heterocycles. The highest BCUT2D eigenvalue weighted by atomic mass is 35.5. The van der Waals surface area contributed by atoms with Gasteiger partial charge in [0.15, 0.2) is 0 Å². The fraction of sp³-hybridized carbons (Fsp3) is 0. The van der Waals surface area contributed by atoms with Gasteiger partial charge in [0.05, 0.1) is 20.9 Å². The largest absolute Gasteiger partial charge is 0.397 e. The van der Waals surface area contributed by atoms with Crippen LogP contribution in [-0.2, 0) is 0 Å². The van der Waals surface area contributed by atoms with E-state index in [1.54, 1.807) is 12.1 Å². The van der Waals surface area contributed by atoms with Crippen molar-refractivity contribution in [3.8, 4) is 10.6 Å². The summed E-state index contributed by atoms with van der Waals surface area (Å²) in [6, 6.07) is 9.96. The third-order valence-electron chi connectivity index (χ3n) is 2.63. The highest BCUT2D eigenvalue weighted by Crippen LogP contribution is 2.36. The summed E-state index contributed by atoms with van der Waals surface area (Å²) in [5, 5.41) is 1.24. The SMILES string of the molecule is Nc1c(Cl)cccc1-c1nc2cc(F)ccc2s1. The van der Waals surface area contributed by atoms with Gasteiger partial charge in [0.2, 0.25) is 0 Å². The van der Waals surface area contributed by atoms with Crippen molar-refractivity contribution in [1.29, 1.82) is 0 Å². The Morgan fingerprint density at radius 2 is 2.06 bits per heavy atom. The number of hydrogen-bond acceptors (Lipinski definition) is 3. The fourth-order valence-corrected chi connectivity index (χ4v) is 2.90. The van der Waals surface area contributed by atoms with Crippen molar-refractivity contribution < 1.29 is 4.39 Å². The molecule has 0 atom stereocenters. The van der Waals surface area contributed by atoms with Gasteiger partial charge in [-0.15, -0.1) is 11.3 Å². The number of nitrogens with zero attached hydrogens (tertiary/aromatic N) is 1. The predicted molar refractivity (Wildman–Crippen MR) is 74.4 cm³/mol. The van der Waals surface area contributed by atoms with Crippen LogP contribution in [0.4, 0.5) is 10.1 Å². The van der Waals surface area contributed by atoms with Crippen LogP contribution in [-0.4, -0.2) is 4.98 Å². The number of fused-ring (bicyclic) bond motifs is 1. The van der Waals surface area contributed by atoms with Crippen LogP contribution in [0.3, 0.4) is 0 Å². The van der Waals surface area contributed by atoms with Gasteiger partial charge in [0, 0.05) is 11.6 Å². The Hall–Kier alpha value is -1.65. The zero-order valence-electron chi connectivity index (χ0n) is 9.15. The molecule has 0 amide bonds. The van der Waals surface area contributed by atoms with E-state index >= 15 is 0 Å². The Morgan fingerprint density at radius 1 is 1.22 bits per heavy atom. The molecule has 0 bridgehead atoms. The minimum absolute atomic E-state index is 0.293. The molecule has 1 aromatic heterocycles. The minimum Gasteiger partial charge on any atom is -0.397 e. The van der Waals surface area contributed by atoms with E-state index in [0.29, 0.717) is 16.2 Å². The van der Waals surface area contributed by atoms with Gasteiger partial charge in [-0.25, -0.2) is 9.37 Å². The highest BCUT2D eigenvalue weighted by molar-refractivity contribution is 7.21. The molecule has 0 aliphatic heterocycles. The summed E-state index contributed by atoms with van der Waals surface area (Å²) < 4.78 is 14.0. The summed E-state index contributed by atoms with van der Waals surface area (Å²) in [6.07, 6.45) is 0. The van der Waals surface area contributed by atoms with Crippen molar-refractivity contribution in [2.45, 2.75) is 0 Å². The molecule has 0 saturated heterocycles. The summed E-state index contributed by atoms with van der Waals surface area (Å²) in [6.45, 7) is 0. The number of para-hydroxylation sites is 1. The lowest BCUT2D eigenvalue weighted by atomic mass is 10.2. The van der Waals surface area contributed by atoms with E-state index in [0.717, 1.165) is 15.3 Å². The molecule has 5 heteroatoms. The second-order valence-electron chi connectivity index (χ2n) is 3.83. The molecule has 0 radical (unpaired) electrons. The number of anilines is 1. The summed E-state index contributed by atoms with van der Waals surface area (Å²) in [5.41, 5.74) is 7.84. The lowest BCUT2D eigenvalue weighted by Crippen LogP contribution is -1.90. The molecule has 0 aliphatic rings. The van der Waals surface area contributed by atoms with E-state index in [1.165, 1.54) is 23.5 Å². The van der Waals surface area contributed by atoms with Gasteiger partial charge in [-0.2, -0.15) is 0 Å². The Balaban J connectivity index is 2.22. The van der Waals surface area contributed by atoms with Gasteiger partial charge in [-0.3, -0.25) is 0 Å². The van der Waals surface area contributed by atoms with Crippen molar-refractivity contribution in [1.82, 2.24) is 4.98 Å². The molecule has 18 heavy (non-hydrogen) atoms. The molecule has 90 valence electrons. The zero-order valence-corrected chi connectivity index (χ0v) is 10.7. The molecule has 0 saturated carbocycles. The quantitative estimate of drug-likeness (QED) is 0.673. The molecule has 3 aromatic rings. The first-order valence-electron chi connectivity index (χ1n) is 5.25. The maximum atomic E-state index is 13.1. The Morgan fingerprint density at radius 3 is 2.89 bits per heavy atom. The number of hydrogen-bond donors (Lipinski definition) is 1. The zero-order chi connectivity index (χ0) is 12.7. The summed E-state index contributed by atoms with van der Waals surface area (Å²) in [7, 11) is 0. The second-order valence-corrected chi connectivity index (χ2v) is 5.27. The van der Waals surface area contributed by atoms with Gasteiger partial charge >= 0.3 is 0 Å². The number of rotatable bonds is 1. The van der Waals surface area contributed by atoms with Gasteiger partial charge < -0.3 is 5.73 Å². The molecular formula is C13H8ClFN2S. The Labute approximate surface area is 112 Å². The average molecular weight is 279 g/mol. The van der Waals surface area contributed by atoms with E-state index in [4.69, 9.17) is 17.3 Å². The molecule has 0 aliphatic carbocycles. The summed E-state index contributed by atoms with van der Waals surface area (Å²) >= 11 is 7.45. The van der Waals surface area contributed by atoms with Crippen LogP contribution in [0.5, 0.6) is 0 Å². The molecule has 0 unspecified atom stereocenters. The Kier molecular flexibility index (Phi) is 2.69. The number of thiazole rings is 1. The Bertz CT molecular complexity index is 739. The molecule has 0 spiro atoms. The highest BCUT2D eigenvalue weighted by Gasteiger charge is 2.11. The normalized spacial score (nSPS) is 11.0. The smallest absolute Gasteiger partial charge is 0.126 e. The fourth-order valence-electron chi connectivity index (χ4n) is 1.74. The van der Waals surface area contributed by atoms with E-state index in [9.17, 15) is 4.39 Å². The van der Waals surface area contributed by atoms with Crippen LogP contribution in [0.15, 0.2) is 36.4 Å². The van der Waals surface area contributed by atoms with Crippen molar-refractivity contribution in [3.63, 3.8) is 0 Å². The number of halogens is 2. The third kappa shape index (κ3) is 1.83. The van der Waals surface area contributed by atoms with Gasteiger partial charge in [-0.05, 0) is 24.3 Å². The number of benzene rings is 2. The van der Waals surface area contributed by atoms with Crippen molar-refractivity contribution in [2.75, 3.05) is 5.73 Å². The molecule has 0 fully saturated rings. The van der Waals surface area contributed by atoms with E-state index < -0.39 is 0 Å². The molecular weight excluding hydrogens is 271 g/mol. The van der Waals surface area contributed by atoms with Crippen LogP contribution >= 0.6 is 22.9 Å². The third-order valence-corrected chi connectivity index (χ3v) is 4.03. The van der Waals surface area contributed by atoms with Crippen LogP contribution in [0.2, 0.25) is 5.02 Å². The van der Waals surface area contributed by atoms with Crippen LogP contribution in [0, 0.1) is 5.82 Å². The lowest BCUT2D eigenvalue weighted by Gasteiger charge is -2.02. The monoisotopic (exact) mass is 278 g/mol. The number of nitrogen functional groups attached to an aromatic ring is 1. The maximum absolute atomic E-state index is 13.1. The standard InChI is InChI=1S/C13H8ClFN2S/c14-9-3-1-2-8(12(9)16)13-17-10-6-7(15)4-5-11(10)18-13/h1-6H,16H2. The minimum atomic E-state index is -0.293. The lowest BCUT2D eigenvalue weighted by molar-refractivity contribution is 0.629. The average Bonchev–Trinajstić information content (AvgIpc) is 2.75. The van der Waals surface area contributed by atoms with Crippen LogP contribution in [0.25, 0.3) is 20.8 Å². The first-order valence-corrected chi connectivity index (χ1v) is 6.45. The van der Waals surface area contributed by atoms with Gasteiger partial charge in [-0.1, -0.05) is 17.7 Å². The topological polar surface area (TPSA) is 38.9 Å². The van der Waals surface area contributed by atoms with E-state index in [-0.39, 0.29) is 5.82 Å². The molecule has 3 rings (SSSR count). The van der Waals surface area contributed by atoms with Crippen molar-refractivity contribution >= 4 is 38.8 Å². The maximum Gasteiger partial charge on any atom is 0.126 e. The number of aromatic nitrogens is 1.